The Kier molecular flexibility index (Phi) is 13.5. The Labute approximate surface area is 269 Å². The van der Waals surface area contributed by atoms with Gasteiger partial charge in [0.2, 0.25) is 5.91 Å². The third-order valence-electron chi connectivity index (χ3n) is 7.12. The standard InChI is InChI=1S/C37H40N2O7/c40-35(19-11-4-12-22-38-37(43)46-27-30-17-9-3-10-18-30)39-32(36(41)42)23-31-20-21-33(44-25-28-13-5-1-6-14-28)34(24-31)45-26-29-15-7-2-8-16-29/h1-3,5-10,13-18,20-21,24,32H,4,11-12,19,22-23,25-27H2,(H,38,43)(H,39,40)(H,41,42)/t32-/m0/s1. The molecule has 3 N–H and O–H groups in total. The molecule has 240 valence electrons. The van der Waals surface area contributed by atoms with Gasteiger partial charge in [-0.2, -0.15) is 0 Å². The van der Waals surface area contributed by atoms with Crippen LogP contribution < -0.4 is 20.1 Å². The second kappa shape index (κ2) is 18.5. The Morgan fingerprint density at radius 2 is 1.20 bits per heavy atom. The van der Waals surface area contributed by atoms with Crippen molar-refractivity contribution in [3.8, 4) is 11.5 Å². The number of unbranched alkanes of at least 4 members (excludes halogenated alkanes) is 2. The summed E-state index contributed by atoms with van der Waals surface area (Å²) in [6.07, 6.45) is 1.69. The summed E-state index contributed by atoms with van der Waals surface area (Å²) in [5.41, 5.74) is 3.58. The molecule has 0 aliphatic carbocycles. The van der Waals surface area contributed by atoms with Crippen molar-refractivity contribution in [1.29, 1.82) is 0 Å². The van der Waals surface area contributed by atoms with E-state index in [0.717, 1.165) is 16.7 Å². The minimum atomic E-state index is -1.12. The van der Waals surface area contributed by atoms with E-state index in [2.05, 4.69) is 10.6 Å². The van der Waals surface area contributed by atoms with Gasteiger partial charge in [0.25, 0.3) is 0 Å². The summed E-state index contributed by atoms with van der Waals surface area (Å²) in [6, 6.07) is 33.1. The molecule has 0 heterocycles. The molecule has 0 saturated carbocycles. The first-order valence-corrected chi connectivity index (χ1v) is 15.4. The molecule has 0 spiro atoms. The molecule has 0 fully saturated rings. The van der Waals surface area contributed by atoms with E-state index in [9.17, 15) is 19.5 Å². The molecule has 0 saturated heterocycles. The number of amides is 2. The number of carboxylic acid groups (broad SMARTS) is 1. The number of rotatable bonds is 18. The molecule has 4 aromatic rings. The third kappa shape index (κ3) is 12.0. The van der Waals surface area contributed by atoms with Crippen molar-refractivity contribution in [2.24, 2.45) is 0 Å². The number of ether oxygens (including phenoxy) is 3. The maximum Gasteiger partial charge on any atom is 0.407 e. The number of hydrogen-bond donors (Lipinski definition) is 3. The lowest BCUT2D eigenvalue weighted by Gasteiger charge is -2.17. The highest BCUT2D eigenvalue weighted by Crippen LogP contribution is 2.30. The predicted octanol–water partition coefficient (Wildman–Crippen LogP) is 6.44. The van der Waals surface area contributed by atoms with Gasteiger partial charge in [-0.15, -0.1) is 0 Å². The average molecular weight is 625 g/mol. The lowest BCUT2D eigenvalue weighted by atomic mass is 10.0. The molecule has 2 amide bonds. The van der Waals surface area contributed by atoms with Crippen molar-refractivity contribution in [3.63, 3.8) is 0 Å². The maximum absolute atomic E-state index is 12.6. The normalized spacial score (nSPS) is 11.2. The average Bonchev–Trinajstić information content (AvgIpc) is 3.08. The Morgan fingerprint density at radius 3 is 1.78 bits per heavy atom. The van der Waals surface area contributed by atoms with Gasteiger partial charge in [0.05, 0.1) is 0 Å². The minimum absolute atomic E-state index is 0.0801. The monoisotopic (exact) mass is 624 g/mol. The SMILES string of the molecule is O=C(CCCCCNC(=O)OCc1ccccc1)N[C@@H](Cc1ccc(OCc2ccccc2)c(OCc2ccccc2)c1)C(=O)O. The number of benzene rings is 4. The third-order valence-corrected chi connectivity index (χ3v) is 7.12. The molecule has 1 atom stereocenters. The Hall–Kier alpha value is -5.31. The van der Waals surface area contributed by atoms with Gasteiger partial charge in [0.1, 0.15) is 25.9 Å². The fourth-order valence-corrected chi connectivity index (χ4v) is 4.64. The van der Waals surface area contributed by atoms with E-state index in [1.165, 1.54) is 0 Å². The van der Waals surface area contributed by atoms with Gasteiger partial charge < -0.3 is 30.0 Å². The summed E-state index contributed by atoms with van der Waals surface area (Å²) in [6.45, 7) is 1.29. The van der Waals surface area contributed by atoms with Crippen LogP contribution >= 0.6 is 0 Å². The molecule has 46 heavy (non-hydrogen) atoms. The molecular formula is C37H40N2O7. The predicted molar refractivity (Wildman–Crippen MR) is 174 cm³/mol. The van der Waals surface area contributed by atoms with Crippen LogP contribution in [0.2, 0.25) is 0 Å². The number of carbonyl (C=O) groups excluding carboxylic acids is 2. The smallest absolute Gasteiger partial charge is 0.407 e. The van der Waals surface area contributed by atoms with Gasteiger partial charge in [-0.3, -0.25) is 4.79 Å². The number of aliphatic carboxylic acids is 1. The van der Waals surface area contributed by atoms with E-state index in [1.54, 1.807) is 18.2 Å². The molecule has 0 unspecified atom stereocenters. The lowest BCUT2D eigenvalue weighted by molar-refractivity contribution is -0.141. The summed E-state index contributed by atoms with van der Waals surface area (Å²) < 4.78 is 17.4. The highest BCUT2D eigenvalue weighted by molar-refractivity contribution is 5.83. The molecule has 9 nitrogen and oxygen atoms in total. The van der Waals surface area contributed by atoms with E-state index < -0.39 is 18.1 Å². The molecule has 4 aromatic carbocycles. The first-order valence-electron chi connectivity index (χ1n) is 15.4. The first-order chi connectivity index (χ1) is 22.5. The zero-order chi connectivity index (χ0) is 32.4. The molecule has 9 heteroatoms. The van der Waals surface area contributed by atoms with Crippen molar-refractivity contribution in [3.05, 3.63) is 131 Å². The van der Waals surface area contributed by atoms with Crippen LogP contribution in [0, 0.1) is 0 Å². The summed E-state index contributed by atoms with van der Waals surface area (Å²) in [5, 5.41) is 15.2. The summed E-state index contributed by atoms with van der Waals surface area (Å²) in [7, 11) is 0. The van der Waals surface area contributed by atoms with Gasteiger partial charge in [0.15, 0.2) is 11.5 Å². The van der Waals surface area contributed by atoms with Crippen LogP contribution in [-0.2, 0) is 40.6 Å². The Morgan fingerprint density at radius 1 is 0.630 bits per heavy atom. The van der Waals surface area contributed by atoms with E-state index >= 15 is 0 Å². The molecule has 0 bridgehead atoms. The van der Waals surface area contributed by atoms with Gasteiger partial charge >= 0.3 is 12.1 Å². The van der Waals surface area contributed by atoms with Crippen LogP contribution in [0.1, 0.15) is 47.9 Å². The topological polar surface area (TPSA) is 123 Å². The van der Waals surface area contributed by atoms with E-state index in [0.29, 0.717) is 56.1 Å². The van der Waals surface area contributed by atoms with Crippen molar-refractivity contribution in [1.82, 2.24) is 10.6 Å². The highest BCUT2D eigenvalue weighted by atomic mass is 16.5. The van der Waals surface area contributed by atoms with Crippen molar-refractivity contribution >= 4 is 18.0 Å². The zero-order valence-electron chi connectivity index (χ0n) is 25.7. The van der Waals surface area contributed by atoms with Crippen LogP contribution in [0.25, 0.3) is 0 Å². The minimum Gasteiger partial charge on any atom is -0.485 e. The first kappa shape index (κ1) is 33.6. The van der Waals surface area contributed by atoms with Crippen LogP contribution in [0.15, 0.2) is 109 Å². The summed E-state index contributed by atoms with van der Waals surface area (Å²) in [4.78, 5) is 36.5. The fraction of sp³-hybridized carbons (Fsp3) is 0.270. The number of alkyl carbamates (subject to hydrolysis) is 1. The van der Waals surface area contributed by atoms with Crippen LogP contribution in [0.4, 0.5) is 4.79 Å². The molecule has 0 aliphatic rings. The second-order valence-corrected chi connectivity index (χ2v) is 10.8. The number of nitrogens with one attached hydrogen (secondary N) is 2. The summed E-state index contributed by atoms with van der Waals surface area (Å²) >= 11 is 0. The van der Waals surface area contributed by atoms with E-state index in [1.807, 2.05) is 91.0 Å². The van der Waals surface area contributed by atoms with Gasteiger partial charge in [-0.25, -0.2) is 9.59 Å². The van der Waals surface area contributed by atoms with E-state index in [4.69, 9.17) is 14.2 Å². The fourth-order valence-electron chi connectivity index (χ4n) is 4.64. The van der Waals surface area contributed by atoms with Crippen LogP contribution in [0.5, 0.6) is 11.5 Å². The Bertz CT molecular complexity index is 1520. The van der Waals surface area contributed by atoms with Gasteiger partial charge in [-0.1, -0.05) is 103 Å². The molecule has 0 aliphatic heterocycles. The number of carboxylic acids is 1. The molecule has 0 radical (unpaired) electrons. The van der Waals surface area contributed by atoms with Gasteiger partial charge in [-0.05, 0) is 47.2 Å². The largest absolute Gasteiger partial charge is 0.485 e. The molecule has 0 aromatic heterocycles. The summed E-state index contributed by atoms with van der Waals surface area (Å²) in [5.74, 6) is -0.433. The lowest BCUT2D eigenvalue weighted by Crippen LogP contribution is -2.42. The van der Waals surface area contributed by atoms with Gasteiger partial charge in [0, 0.05) is 19.4 Å². The number of hydrogen-bond acceptors (Lipinski definition) is 6. The number of carbonyl (C=O) groups is 3. The van der Waals surface area contributed by atoms with Crippen LogP contribution in [0.3, 0.4) is 0 Å². The Balaban J connectivity index is 1.24. The van der Waals surface area contributed by atoms with Crippen LogP contribution in [-0.4, -0.2) is 35.7 Å². The van der Waals surface area contributed by atoms with Crippen molar-refractivity contribution in [2.75, 3.05) is 6.54 Å². The van der Waals surface area contributed by atoms with Crippen molar-refractivity contribution < 1.29 is 33.7 Å². The quantitative estimate of drug-likeness (QED) is 0.109. The highest BCUT2D eigenvalue weighted by Gasteiger charge is 2.21. The maximum atomic E-state index is 12.6. The molecule has 4 rings (SSSR count). The molecular weight excluding hydrogens is 584 g/mol. The second-order valence-electron chi connectivity index (χ2n) is 10.8. The zero-order valence-corrected chi connectivity index (χ0v) is 25.7. The van der Waals surface area contributed by atoms with E-state index in [-0.39, 0.29) is 25.4 Å². The van der Waals surface area contributed by atoms with Crippen molar-refractivity contribution in [2.45, 2.75) is 58.0 Å².